The van der Waals surface area contributed by atoms with Crippen molar-refractivity contribution in [2.24, 2.45) is 0 Å². The number of halogens is 2. The summed E-state index contributed by atoms with van der Waals surface area (Å²) in [6.07, 6.45) is 1.75. The molecule has 2 fully saturated rings. The second-order valence-corrected chi connectivity index (χ2v) is 10.1. The molecule has 6 rings (SSSR count). The maximum absolute atomic E-state index is 15.2. The Hall–Kier alpha value is -3.46. The summed E-state index contributed by atoms with van der Waals surface area (Å²) in [5.41, 5.74) is 5.36. The van der Waals surface area contributed by atoms with E-state index in [2.05, 4.69) is 46.1 Å². The van der Waals surface area contributed by atoms with E-state index in [4.69, 9.17) is 9.72 Å². The zero-order valence-electron chi connectivity index (χ0n) is 21.5. The number of nitrogens with zero attached hydrogens (tertiary/aromatic N) is 5. The third kappa shape index (κ3) is 5.12. The van der Waals surface area contributed by atoms with E-state index < -0.39 is 11.6 Å². The predicted octanol–water partition coefficient (Wildman–Crippen LogP) is 4.83. The Labute approximate surface area is 221 Å². The van der Waals surface area contributed by atoms with Crippen LogP contribution in [0.2, 0.25) is 0 Å². The van der Waals surface area contributed by atoms with Crippen molar-refractivity contribution in [3.8, 4) is 22.4 Å². The topological polar surface area (TPSA) is 44.7 Å². The minimum Gasteiger partial charge on any atom is -0.379 e. The molecular weight excluding hydrogens is 484 g/mol. The lowest BCUT2D eigenvalue weighted by atomic mass is 10.0. The molecule has 3 aromatic carbocycles. The van der Waals surface area contributed by atoms with E-state index >= 15 is 8.78 Å². The second kappa shape index (κ2) is 10.7. The molecule has 196 valence electrons. The van der Waals surface area contributed by atoms with Gasteiger partial charge >= 0.3 is 0 Å². The van der Waals surface area contributed by atoms with E-state index in [1.807, 2.05) is 23.1 Å². The van der Waals surface area contributed by atoms with Gasteiger partial charge in [0.25, 0.3) is 0 Å². The first-order valence-corrected chi connectivity index (χ1v) is 13.1. The average molecular weight is 516 g/mol. The van der Waals surface area contributed by atoms with Crippen LogP contribution in [-0.4, -0.2) is 79.3 Å². The molecule has 0 N–H and O–H groups in total. The molecule has 0 amide bonds. The minimum atomic E-state index is -0.549. The van der Waals surface area contributed by atoms with Crippen LogP contribution in [0, 0.1) is 11.6 Å². The maximum Gasteiger partial charge on any atom is 0.131 e. The smallest absolute Gasteiger partial charge is 0.131 e. The van der Waals surface area contributed by atoms with Crippen LogP contribution >= 0.6 is 0 Å². The highest BCUT2D eigenvalue weighted by Gasteiger charge is 2.19. The van der Waals surface area contributed by atoms with Crippen molar-refractivity contribution >= 4 is 16.7 Å². The molecule has 0 bridgehead atoms. The van der Waals surface area contributed by atoms with Gasteiger partial charge in [0.05, 0.1) is 36.1 Å². The number of hydrogen-bond donors (Lipinski definition) is 0. The first kappa shape index (κ1) is 24.9. The normalized spacial score (nSPS) is 17.3. The zero-order valence-corrected chi connectivity index (χ0v) is 21.5. The summed E-state index contributed by atoms with van der Waals surface area (Å²) < 4.78 is 35.7. The van der Waals surface area contributed by atoms with E-state index in [0.717, 1.165) is 37.4 Å². The quantitative estimate of drug-likeness (QED) is 0.380. The van der Waals surface area contributed by atoms with Crippen molar-refractivity contribution in [2.45, 2.75) is 6.54 Å². The molecule has 2 saturated heterocycles. The lowest BCUT2D eigenvalue weighted by molar-refractivity contribution is 0.0332. The fraction of sp³-hybridized carbons (Fsp3) is 0.333. The van der Waals surface area contributed by atoms with Gasteiger partial charge in [0.2, 0.25) is 0 Å². The summed E-state index contributed by atoms with van der Waals surface area (Å²) in [5, 5.41) is 0. The van der Waals surface area contributed by atoms with Crippen molar-refractivity contribution in [1.29, 1.82) is 0 Å². The van der Waals surface area contributed by atoms with Crippen LogP contribution in [0.15, 0.2) is 60.8 Å². The van der Waals surface area contributed by atoms with E-state index in [0.29, 0.717) is 48.5 Å². The Bertz CT molecular complexity index is 1410. The number of fused-ring (bicyclic) bond motifs is 1. The van der Waals surface area contributed by atoms with Gasteiger partial charge in [0.1, 0.15) is 11.6 Å². The number of morpholine rings is 1. The molecular formula is C30H31F2N5O. The van der Waals surface area contributed by atoms with Gasteiger partial charge in [-0.2, -0.15) is 0 Å². The van der Waals surface area contributed by atoms with Crippen LogP contribution in [0.25, 0.3) is 33.4 Å². The molecule has 0 radical (unpaired) electrons. The van der Waals surface area contributed by atoms with Crippen LogP contribution < -0.4 is 4.90 Å². The Morgan fingerprint density at radius 2 is 1.55 bits per heavy atom. The van der Waals surface area contributed by atoms with Gasteiger partial charge in [-0.05, 0) is 42.9 Å². The van der Waals surface area contributed by atoms with Gasteiger partial charge in [-0.3, -0.25) is 9.88 Å². The van der Waals surface area contributed by atoms with E-state index in [9.17, 15) is 0 Å². The molecule has 3 heterocycles. The number of para-hydroxylation sites is 1. The number of ether oxygens (including phenoxy) is 1. The van der Waals surface area contributed by atoms with Crippen LogP contribution in [0.5, 0.6) is 0 Å². The predicted molar refractivity (Wildman–Crippen MR) is 146 cm³/mol. The molecule has 1 aromatic heterocycles. The number of piperazine rings is 1. The highest BCUT2D eigenvalue weighted by Crippen LogP contribution is 2.31. The van der Waals surface area contributed by atoms with E-state index in [-0.39, 0.29) is 12.1 Å². The fourth-order valence-electron chi connectivity index (χ4n) is 5.21. The number of hydrogen-bond acceptors (Lipinski definition) is 6. The minimum absolute atomic E-state index is 0.0862. The van der Waals surface area contributed by atoms with E-state index in [1.165, 1.54) is 17.8 Å². The number of likely N-dealkylation sites (N-methyl/N-ethyl adjacent to an activating group) is 1. The molecule has 0 atom stereocenters. The van der Waals surface area contributed by atoms with Crippen molar-refractivity contribution in [2.75, 3.05) is 64.4 Å². The van der Waals surface area contributed by atoms with Crippen LogP contribution in [0.1, 0.15) is 5.56 Å². The summed E-state index contributed by atoms with van der Waals surface area (Å²) >= 11 is 0. The van der Waals surface area contributed by atoms with Crippen LogP contribution in [0.4, 0.5) is 14.5 Å². The molecule has 0 saturated carbocycles. The van der Waals surface area contributed by atoms with Crippen molar-refractivity contribution < 1.29 is 13.5 Å². The highest BCUT2D eigenvalue weighted by molar-refractivity contribution is 5.92. The lowest BCUT2D eigenvalue weighted by Crippen LogP contribution is -2.44. The van der Waals surface area contributed by atoms with Gasteiger partial charge in [0, 0.05) is 68.2 Å². The monoisotopic (exact) mass is 515 g/mol. The number of rotatable bonds is 5. The molecule has 6 nitrogen and oxygen atoms in total. The summed E-state index contributed by atoms with van der Waals surface area (Å²) in [7, 11) is 2.15. The molecule has 2 aliphatic heterocycles. The Balaban J connectivity index is 1.30. The van der Waals surface area contributed by atoms with Gasteiger partial charge in [-0.15, -0.1) is 0 Å². The number of aromatic nitrogens is 2. The molecule has 0 spiro atoms. The van der Waals surface area contributed by atoms with Crippen molar-refractivity contribution in [1.82, 2.24) is 19.8 Å². The first-order valence-electron chi connectivity index (χ1n) is 13.1. The van der Waals surface area contributed by atoms with Gasteiger partial charge in [-0.25, -0.2) is 13.8 Å². The molecule has 0 aliphatic carbocycles. The lowest BCUT2D eigenvalue weighted by Gasteiger charge is -2.34. The Morgan fingerprint density at radius 3 is 2.26 bits per heavy atom. The third-order valence-corrected chi connectivity index (χ3v) is 7.54. The molecule has 0 unspecified atom stereocenters. The summed E-state index contributed by atoms with van der Waals surface area (Å²) in [6.45, 7) is 6.84. The van der Waals surface area contributed by atoms with Crippen LogP contribution in [0.3, 0.4) is 0 Å². The zero-order chi connectivity index (χ0) is 26.1. The largest absolute Gasteiger partial charge is 0.379 e. The number of anilines is 1. The summed E-state index contributed by atoms with van der Waals surface area (Å²) in [5.74, 6) is -1.10. The van der Waals surface area contributed by atoms with Crippen LogP contribution in [-0.2, 0) is 11.3 Å². The molecule has 8 heteroatoms. The first-order chi connectivity index (χ1) is 18.5. The van der Waals surface area contributed by atoms with Gasteiger partial charge in [-0.1, -0.05) is 24.3 Å². The second-order valence-electron chi connectivity index (χ2n) is 10.1. The summed E-state index contributed by atoms with van der Waals surface area (Å²) in [4.78, 5) is 16.3. The SMILES string of the molecule is CN1CCN(c2ccc(-c3cnc4cccc(-c5cc(F)c(CN6CCOCC6)c(F)c5)c4n3)cc2)CC1. The fourth-order valence-corrected chi connectivity index (χ4v) is 5.21. The Morgan fingerprint density at radius 1 is 0.842 bits per heavy atom. The summed E-state index contributed by atoms with van der Waals surface area (Å²) in [6, 6.07) is 16.7. The van der Waals surface area contributed by atoms with Crippen molar-refractivity contribution in [3.05, 3.63) is 78.0 Å². The number of benzene rings is 3. The van der Waals surface area contributed by atoms with Crippen molar-refractivity contribution in [3.63, 3.8) is 0 Å². The van der Waals surface area contributed by atoms with Gasteiger partial charge < -0.3 is 14.5 Å². The standard InChI is InChI=1S/C30H31F2N5O/c1-35-9-11-37(12-10-35)23-7-5-21(6-8-23)29-19-33-28-4-2-3-24(30(28)34-29)22-17-26(31)25(27(32)18-22)20-36-13-15-38-16-14-36/h2-8,17-19H,9-16,20H2,1H3. The average Bonchev–Trinajstić information content (AvgIpc) is 2.95. The Kier molecular flexibility index (Phi) is 7.02. The molecule has 38 heavy (non-hydrogen) atoms. The molecule has 2 aliphatic rings. The highest BCUT2D eigenvalue weighted by atomic mass is 19.1. The van der Waals surface area contributed by atoms with E-state index in [1.54, 1.807) is 6.20 Å². The molecule has 4 aromatic rings. The third-order valence-electron chi connectivity index (χ3n) is 7.54. The van der Waals surface area contributed by atoms with Gasteiger partial charge in [0.15, 0.2) is 0 Å². The maximum atomic E-state index is 15.2.